The molecule has 1 aliphatic rings. The molecule has 0 bridgehead atoms. The quantitative estimate of drug-likeness (QED) is 0.765. The number of benzene rings is 1. The Kier molecular flexibility index (Phi) is 4.34. The fourth-order valence-corrected chi connectivity index (χ4v) is 2.72. The van der Waals surface area contributed by atoms with Gasteiger partial charge < -0.3 is 9.47 Å². The summed E-state index contributed by atoms with van der Waals surface area (Å²) in [7, 11) is 0. The number of hydrogen-bond acceptors (Lipinski definition) is 3. The van der Waals surface area contributed by atoms with Crippen LogP contribution in [0.2, 0.25) is 0 Å². The van der Waals surface area contributed by atoms with Gasteiger partial charge in [-0.3, -0.25) is 4.90 Å². The van der Waals surface area contributed by atoms with E-state index in [9.17, 15) is 4.79 Å². The van der Waals surface area contributed by atoms with Crippen LogP contribution in [0.25, 0.3) is 0 Å². The predicted octanol–water partition coefficient (Wildman–Crippen LogP) is 4.29. The van der Waals surface area contributed by atoms with E-state index in [-0.39, 0.29) is 18.2 Å². The van der Waals surface area contributed by atoms with Crippen LogP contribution in [0.4, 0.5) is 4.79 Å². The van der Waals surface area contributed by atoms with Gasteiger partial charge in [-0.1, -0.05) is 36.4 Å². The molecule has 1 aliphatic heterocycles. The molecule has 1 aromatic rings. The molecule has 1 saturated heterocycles. The molecule has 2 atom stereocenters. The monoisotopic (exact) mass is 303 g/mol. The van der Waals surface area contributed by atoms with Crippen molar-refractivity contribution < 1.29 is 14.3 Å². The molecule has 2 rings (SSSR count). The largest absolute Gasteiger partial charge is 0.444 e. The highest BCUT2D eigenvalue weighted by Crippen LogP contribution is 2.42. The number of rotatable bonds is 2. The summed E-state index contributed by atoms with van der Waals surface area (Å²) in [4.78, 5) is 14.2. The van der Waals surface area contributed by atoms with Crippen molar-refractivity contribution in [1.82, 2.24) is 4.90 Å². The summed E-state index contributed by atoms with van der Waals surface area (Å²) >= 11 is 0. The van der Waals surface area contributed by atoms with E-state index in [4.69, 9.17) is 9.47 Å². The summed E-state index contributed by atoms with van der Waals surface area (Å²) in [6.07, 6.45) is 1.11. The molecule has 0 N–H and O–H groups in total. The van der Waals surface area contributed by atoms with Gasteiger partial charge >= 0.3 is 6.09 Å². The second-order valence-electron chi connectivity index (χ2n) is 6.97. The molecule has 4 nitrogen and oxygen atoms in total. The van der Waals surface area contributed by atoms with Crippen LogP contribution in [-0.4, -0.2) is 28.4 Å². The van der Waals surface area contributed by atoms with E-state index in [1.807, 2.05) is 65.0 Å². The number of carbonyl (C=O) groups is 1. The van der Waals surface area contributed by atoms with Crippen LogP contribution in [0.1, 0.15) is 46.3 Å². The lowest BCUT2D eigenvalue weighted by molar-refractivity contribution is -0.0793. The normalized spacial score (nSPS) is 24.1. The minimum absolute atomic E-state index is 0.249. The summed E-state index contributed by atoms with van der Waals surface area (Å²) < 4.78 is 11.7. The van der Waals surface area contributed by atoms with Gasteiger partial charge in [-0.05, 0) is 40.2 Å². The van der Waals surface area contributed by atoms with E-state index in [0.29, 0.717) is 0 Å². The van der Waals surface area contributed by atoms with Crippen LogP contribution in [0.15, 0.2) is 43.0 Å². The van der Waals surface area contributed by atoms with Crippen molar-refractivity contribution in [2.75, 3.05) is 0 Å². The van der Waals surface area contributed by atoms with E-state index < -0.39 is 11.3 Å². The fraction of sp³-hybridized carbons (Fsp3) is 0.500. The molecule has 1 fully saturated rings. The Balaban J connectivity index is 2.33. The molecule has 1 amide bonds. The Morgan fingerprint density at radius 2 is 1.91 bits per heavy atom. The first-order chi connectivity index (χ1) is 10.2. The molecule has 0 saturated carbocycles. The summed E-state index contributed by atoms with van der Waals surface area (Å²) in [5.74, 6) is 0. The van der Waals surface area contributed by atoms with Gasteiger partial charge in [-0.2, -0.15) is 0 Å². The summed E-state index contributed by atoms with van der Waals surface area (Å²) in [5.41, 5.74) is -0.294. The predicted molar refractivity (Wildman–Crippen MR) is 86.4 cm³/mol. The minimum atomic E-state index is -0.762. The molecule has 1 aromatic carbocycles. The molecule has 4 heteroatoms. The SMILES string of the molecule is C=CC1C(c2ccccc2)OC(C)(C)N1C(=O)OC(C)(C)C. The van der Waals surface area contributed by atoms with Crippen molar-refractivity contribution in [2.24, 2.45) is 0 Å². The molecular formula is C18H25NO3. The molecule has 0 spiro atoms. The van der Waals surface area contributed by atoms with Crippen molar-refractivity contribution in [3.05, 3.63) is 48.6 Å². The highest BCUT2D eigenvalue weighted by Gasteiger charge is 2.50. The van der Waals surface area contributed by atoms with Gasteiger partial charge in [0, 0.05) is 0 Å². The van der Waals surface area contributed by atoms with Gasteiger partial charge in [0.25, 0.3) is 0 Å². The maximum atomic E-state index is 12.6. The first-order valence-corrected chi connectivity index (χ1v) is 7.53. The smallest absolute Gasteiger partial charge is 0.413 e. The van der Waals surface area contributed by atoms with Crippen LogP contribution in [-0.2, 0) is 9.47 Å². The molecule has 22 heavy (non-hydrogen) atoms. The molecule has 0 radical (unpaired) electrons. The van der Waals surface area contributed by atoms with E-state index in [2.05, 4.69) is 6.58 Å². The van der Waals surface area contributed by atoms with Gasteiger partial charge in [0.05, 0.1) is 6.04 Å². The third-order valence-electron chi connectivity index (χ3n) is 3.56. The van der Waals surface area contributed by atoms with Crippen LogP contribution >= 0.6 is 0 Å². The first kappa shape index (κ1) is 16.6. The third kappa shape index (κ3) is 3.33. The number of nitrogens with zero attached hydrogens (tertiary/aromatic N) is 1. The van der Waals surface area contributed by atoms with Gasteiger partial charge in [-0.25, -0.2) is 4.79 Å². The highest BCUT2D eigenvalue weighted by molar-refractivity contribution is 5.70. The number of amides is 1. The first-order valence-electron chi connectivity index (χ1n) is 7.53. The Morgan fingerprint density at radius 1 is 1.32 bits per heavy atom. The van der Waals surface area contributed by atoms with E-state index >= 15 is 0 Å². The van der Waals surface area contributed by atoms with E-state index in [0.717, 1.165) is 5.56 Å². The lowest BCUT2D eigenvalue weighted by Crippen LogP contribution is -2.49. The third-order valence-corrected chi connectivity index (χ3v) is 3.56. The van der Waals surface area contributed by atoms with Gasteiger partial charge in [-0.15, -0.1) is 6.58 Å². The second kappa shape index (κ2) is 5.76. The topological polar surface area (TPSA) is 38.8 Å². The van der Waals surface area contributed by atoms with E-state index in [1.54, 1.807) is 11.0 Å². The summed E-state index contributed by atoms with van der Waals surface area (Å²) in [6.45, 7) is 13.2. The van der Waals surface area contributed by atoms with Gasteiger partial charge in [0.2, 0.25) is 0 Å². The summed E-state index contributed by atoms with van der Waals surface area (Å²) in [5, 5.41) is 0. The van der Waals surface area contributed by atoms with Gasteiger partial charge in [0.15, 0.2) is 0 Å². The van der Waals surface area contributed by atoms with Crippen LogP contribution in [0, 0.1) is 0 Å². The fourth-order valence-electron chi connectivity index (χ4n) is 2.72. The zero-order chi connectivity index (χ0) is 16.5. The highest BCUT2D eigenvalue weighted by atomic mass is 16.6. The van der Waals surface area contributed by atoms with E-state index in [1.165, 1.54) is 0 Å². The lowest BCUT2D eigenvalue weighted by Gasteiger charge is -2.34. The van der Waals surface area contributed by atoms with Crippen molar-refractivity contribution >= 4 is 6.09 Å². The van der Waals surface area contributed by atoms with Gasteiger partial charge in [0.1, 0.15) is 17.4 Å². The second-order valence-corrected chi connectivity index (χ2v) is 6.97. The maximum Gasteiger partial charge on any atom is 0.413 e. The van der Waals surface area contributed by atoms with Crippen LogP contribution in [0.5, 0.6) is 0 Å². The molecule has 1 heterocycles. The maximum absolute atomic E-state index is 12.6. The average molecular weight is 303 g/mol. The minimum Gasteiger partial charge on any atom is -0.444 e. The zero-order valence-corrected chi connectivity index (χ0v) is 14.0. The Hall–Kier alpha value is -1.81. The molecule has 120 valence electrons. The lowest BCUT2D eigenvalue weighted by atomic mass is 10.0. The Morgan fingerprint density at radius 3 is 2.41 bits per heavy atom. The molecule has 2 unspecified atom stereocenters. The molecular weight excluding hydrogens is 278 g/mol. The van der Waals surface area contributed by atoms with Crippen molar-refractivity contribution in [3.63, 3.8) is 0 Å². The van der Waals surface area contributed by atoms with Crippen molar-refractivity contribution in [1.29, 1.82) is 0 Å². The zero-order valence-electron chi connectivity index (χ0n) is 14.0. The Bertz CT molecular complexity index is 545. The van der Waals surface area contributed by atoms with Crippen molar-refractivity contribution in [3.8, 4) is 0 Å². The summed E-state index contributed by atoms with van der Waals surface area (Å²) in [6, 6.07) is 9.60. The molecule has 0 aromatic heterocycles. The number of hydrogen-bond donors (Lipinski definition) is 0. The van der Waals surface area contributed by atoms with Crippen molar-refractivity contribution in [2.45, 2.75) is 58.1 Å². The standard InChI is InChI=1S/C18H25NO3/c1-7-14-15(13-11-9-8-10-12-13)21-18(5,6)19(14)16(20)22-17(2,3)4/h7-12,14-15H,1H2,2-6H3. The number of ether oxygens (including phenoxy) is 2. The Labute approximate surface area is 132 Å². The van der Waals surface area contributed by atoms with Crippen LogP contribution < -0.4 is 0 Å². The van der Waals surface area contributed by atoms with Crippen LogP contribution in [0.3, 0.4) is 0 Å². The average Bonchev–Trinajstić information content (AvgIpc) is 2.68. The molecule has 0 aliphatic carbocycles. The number of carbonyl (C=O) groups excluding carboxylic acids is 1.